The van der Waals surface area contributed by atoms with Crippen LogP contribution < -0.4 is 5.32 Å². The van der Waals surface area contributed by atoms with Crippen LogP contribution in [0.5, 0.6) is 0 Å². The van der Waals surface area contributed by atoms with Crippen LogP contribution in [0.2, 0.25) is 0 Å². The van der Waals surface area contributed by atoms with E-state index in [0.717, 1.165) is 11.1 Å². The molecule has 0 saturated carbocycles. The molecule has 0 aliphatic heterocycles. The van der Waals surface area contributed by atoms with E-state index in [1.165, 1.54) is 0 Å². The third-order valence-electron chi connectivity index (χ3n) is 4.54. The first-order valence-corrected chi connectivity index (χ1v) is 9.63. The second kappa shape index (κ2) is 9.19. The van der Waals surface area contributed by atoms with Gasteiger partial charge in [0.2, 0.25) is 0 Å². The number of hydrogen-bond donors (Lipinski definition) is 1. The number of carbonyl (C=O) groups is 2. The molecule has 0 aliphatic carbocycles. The van der Waals surface area contributed by atoms with Crippen molar-refractivity contribution in [3.05, 3.63) is 83.6 Å². The van der Waals surface area contributed by atoms with Crippen molar-refractivity contribution in [2.45, 2.75) is 39.3 Å². The zero-order chi connectivity index (χ0) is 20.8. The van der Waals surface area contributed by atoms with Crippen molar-refractivity contribution >= 4 is 17.7 Å². The van der Waals surface area contributed by atoms with E-state index in [1.54, 1.807) is 36.0 Å². The fourth-order valence-electron chi connectivity index (χ4n) is 3.02. The third-order valence-corrected chi connectivity index (χ3v) is 4.54. The van der Waals surface area contributed by atoms with Crippen LogP contribution in [0.4, 0.5) is 5.82 Å². The van der Waals surface area contributed by atoms with Gasteiger partial charge in [-0.2, -0.15) is 5.10 Å². The van der Waals surface area contributed by atoms with Gasteiger partial charge in [0, 0.05) is 12.1 Å². The van der Waals surface area contributed by atoms with E-state index >= 15 is 0 Å². The van der Waals surface area contributed by atoms with Gasteiger partial charge < -0.3 is 10.1 Å². The molecular weight excluding hydrogens is 366 g/mol. The zero-order valence-corrected chi connectivity index (χ0v) is 16.8. The highest BCUT2D eigenvalue weighted by atomic mass is 16.5. The molecule has 0 saturated heterocycles. The summed E-state index contributed by atoms with van der Waals surface area (Å²) in [6.45, 7) is 5.49. The van der Waals surface area contributed by atoms with Crippen LogP contribution in [0.15, 0.2) is 66.9 Å². The van der Waals surface area contributed by atoms with Crippen molar-refractivity contribution < 1.29 is 14.3 Å². The highest BCUT2D eigenvalue weighted by Crippen LogP contribution is 2.17. The summed E-state index contributed by atoms with van der Waals surface area (Å²) in [6, 6.07) is 19.0. The smallest absolute Gasteiger partial charge is 0.339 e. The molecule has 6 nitrogen and oxygen atoms in total. The highest BCUT2D eigenvalue weighted by Gasteiger charge is 2.22. The molecular formula is C23H25N3O3. The summed E-state index contributed by atoms with van der Waals surface area (Å²) >= 11 is 0. The third kappa shape index (κ3) is 5.10. The molecule has 2 aromatic carbocycles. The van der Waals surface area contributed by atoms with Gasteiger partial charge in [0.05, 0.1) is 11.8 Å². The summed E-state index contributed by atoms with van der Waals surface area (Å²) in [7, 11) is 0. The van der Waals surface area contributed by atoms with Crippen molar-refractivity contribution in [3.8, 4) is 0 Å². The van der Waals surface area contributed by atoms with Gasteiger partial charge in [0.1, 0.15) is 5.82 Å². The SMILES string of the molecule is CC(C)n1nccc1NC(=O)[C@@H](C)OC(=O)c1ccccc1Cc1ccccc1. The number of nitrogens with one attached hydrogen (secondary N) is 1. The van der Waals surface area contributed by atoms with E-state index < -0.39 is 18.0 Å². The molecule has 1 atom stereocenters. The molecule has 0 unspecified atom stereocenters. The summed E-state index contributed by atoms with van der Waals surface area (Å²) in [4.78, 5) is 25.2. The second-order valence-corrected chi connectivity index (χ2v) is 7.11. The maximum Gasteiger partial charge on any atom is 0.339 e. The number of hydrogen-bond acceptors (Lipinski definition) is 4. The Labute approximate surface area is 170 Å². The largest absolute Gasteiger partial charge is 0.449 e. The Balaban J connectivity index is 1.68. The van der Waals surface area contributed by atoms with Gasteiger partial charge >= 0.3 is 5.97 Å². The van der Waals surface area contributed by atoms with Crippen molar-refractivity contribution in [2.75, 3.05) is 5.32 Å². The molecule has 1 amide bonds. The lowest BCUT2D eigenvalue weighted by molar-refractivity contribution is -0.123. The van der Waals surface area contributed by atoms with Gasteiger partial charge in [-0.05, 0) is 44.4 Å². The average Bonchev–Trinajstić information content (AvgIpc) is 3.17. The molecule has 0 bridgehead atoms. The van der Waals surface area contributed by atoms with Gasteiger partial charge in [-0.3, -0.25) is 4.79 Å². The Hall–Kier alpha value is -3.41. The number of aromatic nitrogens is 2. The molecule has 3 rings (SSSR count). The van der Waals surface area contributed by atoms with Crippen molar-refractivity contribution in [1.29, 1.82) is 0 Å². The summed E-state index contributed by atoms with van der Waals surface area (Å²) in [5.74, 6) is -0.352. The Bertz CT molecular complexity index is 980. The lowest BCUT2D eigenvalue weighted by Gasteiger charge is -2.16. The number of carbonyl (C=O) groups excluding carboxylic acids is 2. The van der Waals surface area contributed by atoms with E-state index in [-0.39, 0.29) is 6.04 Å². The van der Waals surface area contributed by atoms with Crippen LogP contribution in [0, 0.1) is 0 Å². The predicted octanol–water partition coefficient (Wildman–Crippen LogP) is 4.24. The second-order valence-electron chi connectivity index (χ2n) is 7.11. The fourth-order valence-corrected chi connectivity index (χ4v) is 3.02. The van der Waals surface area contributed by atoms with Gasteiger partial charge in [0.15, 0.2) is 6.10 Å². The molecule has 0 fully saturated rings. The van der Waals surface area contributed by atoms with Crippen LogP contribution in [0.1, 0.15) is 48.3 Å². The standard InChI is InChI=1S/C23H25N3O3/c1-16(2)26-21(13-14-24-26)25-22(27)17(3)29-23(28)20-12-8-7-11-19(20)15-18-9-5-4-6-10-18/h4-14,16-17H,15H2,1-3H3,(H,25,27)/t17-/m1/s1. The summed E-state index contributed by atoms with van der Waals surface area (Å²) in [5.41, 5.74) is 2.41. The fraction of sp³-hybridized carbons (Fsp3) is 0.261. The number of rotatable bonds is 7. The van der Waals surface area contributed by atoms with Crippen LogP contribution in [0.3, 0.4) is 0 Å². The highest BCUT2D eigenvalue weighted by molar-refractivity contribution is 5.97. The first-order chi connectivity index (χ1) is 14.0. The van der Waals surface area contributed by atoms with Gasteiger partial charge in [0.25, 0.3) is 5.91 Å². The minimum absolute atomic E-state index is 0.100. The lowest BCUT2D eigenvalue weighted by Crippen LogP contribution is -2.31. The summed E-state index contributed by atoms with van der Waals surface area (Å²) < 4.78 is 7.14. The van der Waals surface area contributed by atoms with Gasteiger partial charge in [-0.15, -0.1) is 0 Å². The number of anilines is 1. The number of amides is 1. The van der Waals surface area contributed by atoms with Crippen LogP contribution in [0.25, 0.3) is 0 Å². The molecule has 6 heteroatoms. The average molecular weight is 391 g/mol. The Kier molecular flexibility index (Phi) is 6.44. The quantitative estimate of drug-likeness (QED) is 0.612. The molecule has 29 heavy (non-hydrogen) atoms. The molecule has 0 aliphatic rings. The van der Waals surface area contributed by atoms with Crippen LogP contribution in [-0.4, -0.2) is 27.8 Å². The van der Waals surface area contributed by atoms with E-state index in [9.17, 15) is 9.59 Å². The summed E-state index contributed by atoms with van der Waals surface area (Å²) in [6.07, 6.45) is 1.29. The van der Waals surface area contributed by atoms with Crippen molar-refractivity contribution in [1.82, 2.24) is 9.78 Å². The molecule has 1 aromatic heterocycles. The Morgan fingerprint density at radius 1 is 1.00 bits per heavy atom. The van der Waals surface area contributed by atoms with E-state index in [1.807, 2.05) is 56.3 Å². The van der Waals surface area contributed by atoms with Gasteiger partial charge in [-0.25, -0.2) is 9.48 Å². The predicted molar refractivity (Wildman–Crippen MR) is 112 cm³/mol. The molecule has 150 valence electrons. The monoisotopic (exact) mass is 391 g/mol. The maximum atomic E-state index is 12.7. The van der Waals surface area contributed by atoms with Gasteiger partial charge in [-0.1, -0.05) is 48.5 Å². The molecule has 1 heterocycles. The first-order valence-electron chi connectivity index (χ1n) is 9.63. The van der Waals surface area contributed by atoms with E-state index in [4.69, 9.17) is 4.74 Å². The first kappa shape index (κ1) is 20.3. The number of nitrogens with zero attached hydrogens (tertiary/aromatic N) is 2. The Morgan fingerprint density at radius 2 is 1.69 bits per heavy atom. The summed E-state index contributed by atoms with van der Waals surface area (Å²) in [5, 5.41) is 6.95. The van der Waals surface area contributed by atoms with E-state index in [0.29, 0.717) is 17.8 Å². The minimum atomic E-state index is -0.942. The maximum absolute atomic E-state index is 12.7. The molecule has 3 aromatic rings. The lowest BCUT2D eigenvalue weighted by atomic mass is 10.00. The number of esters is 1. The van der Waals surface area contributed by atoms with Crippen molar-refractivity contribution in [3.63, 3.8) is 0 Å². The minimum Gasteiger partial charge on any atom is -0.449 e. The number of benzene rings is 2. The molecule has 0 spiro atoms. The van der Waals surface area contributed by atoms with Crippen LogP contribution >= 0.6 is 0 Å². The van der Waals surface area contributed by atoms with Crippen molar-refractivity contribution in [2.24, 2.45) is 0 Å². The molecule has 1 N–H and O–H groups in total. The number of ether oxygens (including phenoxy) is 1. The van der Waals surface area contributed by atoms with E-state index in [2.05, 4.69) is 10.4 Å². The topological polar surface area (TPSA) is 73.2 Å². The molecule has 0 radical (unpaired) electrons. The normalized spacial score (nSPS) is 11.9. The van der Waals surface area contributed by atoms with Crippen LogP contribution in [-0.2, 0) is 16.0 Å². The Morgan fingerprint density at radius 3 is 2.41 bits per heavy atom. The zero-order valence-electron chi connectivity index (χ0n) is 16.8.